The van der Waals surface area contributed by atoms with Crippen LogP contribution in [0.4, 0.5) is 10.1 Å². The molecule has 3 aromatic rings. The lowest BCUT2D eigenvalue weighted by molar-refractivity contribution is 0.103. The zero-order valence-corrected chi connectivity index (χ0v) is 15.1. The van der Waals surface area contributed by atoms with Gasteiger partial charge < -0.3 is 10.1 Å². The lowest BCUT2D eigenvalue weighted by atomic mass is 10.3. The highest BCUT2D eigenvalue weighted by Gasteiger charge is 2.11. The highest BCUT2D eigenvalue weighted by Crippen LogP contribution is 2.26. The van der Waals surface area contributed by atoms with Gasteiger partial charge in [0.25, 0.3) is 5.91 Å². The summed E-state index contributed by atoms with van der Waals surface area (Å²) >= 11 is 13.1. The third-order valence-corrected chi connectivity index (χ3v) is 5.00. The van der Waals surface area contributed by atoms with Gasteiger partial charge in [0.1, 0.15) is 6.61 Å². The molecule has 0 saturated carbocycles. The zero-order chi connectivity index (χ0) is 17.8. The Morgan fingerprint density at radius 1 is 1.12 bits per heavy atom. The molecule has 0 unspecified atom stereocenters. The molecule has 1 aromatic heterocycles. The minimum atomic E-state index is -0.421. The van der Waals surface area contributed by atoms with Crippen molar-refractivity contribution in [2.45, 2.75) is 6.61 Å². The molecule has 0 aliphatic rings. The number of ether oxygens (including phenoxy) is 1. The molecule has 0 aliphatic carbocycles. The highest BCUT2D eigenvalue weighted by molar-refractivity contribution is 7.12. The fourth-order valence-electron chi connectivity index (χ4n) is 2.06. The smallest absolute Gasteiger partial charge is 0.265 e. The second-order valence-corrected chi connectivity index (χ2v) is 6.85. The number of amides is 1. The van der Waals surface area contributed by atoms with E-state index in [-0.39, 0.29) is 18.3 Å². The summed E-state index contributed by atoms with van der Waals surface area (Å²) in [6.07, 6.45) is 0. The van der Waals surface area contributed by atoms with E-state index in [1.807, 2.05) is 0 Å². The number of thiophene rings is 1. The van der Waals surface area contributed by atoms with Gasteiger partial charge in [-0.25, -0.2) is 4.39 Å². The largest absolute Gasteiger partial charge is 0.486 e. The lowest BCUT2D eigenvalue weighted by Gasteiger charge is -2.05. The van der Waals surface area contributed by atoms with Gasteiger partial charge in [0, 0.05) is 11.3 Å². The molecule has 0 atom stereocenters. The van der Waals surface area contributed by atoms with E-state index in [1.54, 1.807) is 47.8 Å². The summed E-state index contributed by atoms with van der Waals surface area (Å²) < 4.78 is 19.0. The van der Waals surface area contributed by atoms with Crippen molar-refractivity contribution in [3.63, 3.8) is 0 Å². The number of rotatable bonds is 5. The SMILES string of the molecule is O=C(Nc1ccc(Cl)c(Cl)c1)c1cc(COc2ccccc2F)cs1. The maximum atomic E-state index is 13.5. The molecule has 3 nitrogen and oxygen atoms in total. The quantitative estimate of drug-likeness (QED) is 0.572. The molecular weight excluding hydrogens is 384 g/mol. The van der Waals surface area contributed by atoms with Crippen molar-refractivity contribution in [2.75, 3.05) is 5.32 Å². The van der Waals surface area contributed by atoms with Crippen LogP contribution < -0.4 is 10.1 Å². The first kappa shape index (κ1) is 17.7. The first-order valence-electron chi connectivity index (χ1n) is 7.24. The van der Waals surface area contributed by atoms with Gasteiger partial charge >= 0.3 is 0 Å². The van der Waals surface area contributed by atoms with Crippen LogP contribution in [0.3, 0.4) is 0 Å². The van der Waals surface area contributed by atoms with Gasteiger partial charge in [-0.15, -0.1) is 11.3 Å². The van der Waals surface area contributed by atoms with Crippen LogP contribution >= 0.6 is 34.5 Å². The van der Waals surface area contributed by atoms with Crippen LogP contribution in [0.5, 0.6) is 5.75 Å². The molecule has 7 heteroatoms. The van der Waals surface area contributed by atoms with Crippen LogP contribution in [0.15, 0.2) is 53.9 Å². The maximum Gasteiger partial charge on any atom is 0.265 e. The number of halogens is 3. The number of benzene rings is 2. The van der Waals surface area contributed by atoms with Crippen LogP contribution in [0.2, 0.25) is 10.0 Å². The van der Waals surface area contributed by atoms with Gasteiger partial charge in [-0.1, -0.05) is 35.3 Å². The Bertz CT molecular complexity index is 914. The third kappa shape index (κ3) is 4.51. The van der Waals surface area contributed by atoms with E-state index in [0.29, 0.717) is 20.6 Å². The van der Waals surface area contributed by atoms with Crippen LogP contribution in [0, 0.1) is 5.82 Å². The molecule has 1 heterocycles. The van der Waals surface area contributed by atoms with Gasteiger partial charge in [-0.05, 0) is 41.8 Å². The van der Waals surface area contributed by atoms with Crippen LogP contribution in [-0.2, 0) is 6.61 Å². The lowest BCUT2D eigenvalue weighted by Crippen LogP contribution is -2.10. The summed E-state index contributed by atoms with van der Waals surface area (Å²) in [5.74, 6) is -0.508. The van der Waals surface area contributed by atoms with E-state index in [0.717, 1.165) is 5.56 Å². The molecule has 0 spiro atoms. The first-order valence-corrected chi connectivity index (χ1v) is 8.87. The van der Waals surface area contributed by atoms with Crippen molar-refractivity contribution in [3.05, 3.63) is 80.2 Å². The van der Waals surface area contributed by atoms with Crippen molar-refractivity contribution < 1.29 is 13.9 Å². The van der Waals surface area contributed by atoms with Crippen LogP contribution in [0.25, 0.3) is 0 Å². The summed E-state index contributed by atoms with van der Waals surface area (Å²) in [6, 6.07) is 12.7. The number of para-hydroxylation sites is 1. The van der Waals surface area contributed by atoms with E-state index in [4.69, 9.17) is 27.9 Å². The van der Waals surface area contributed by atoms with E-state index in [9.17, 15) is 9.18 Å². The number of hydrogen-bond acceptors (Lipinski definition) is 3. The minimum Gasteiger partial charge on any atom is -0.486 e. The summed E-state index contributed by atoms with van der Waals surface area (Å²) in [6.45, 7) is 0.178. The molecule has 0 fully saturated rings. The Morgan fingerprint density at radius 3 is 2.68 bits per heavy atom. The molecule has 2 aromatic carbocycles. The molecule has 0 bridgehead atoms. The average Bonchev–Trinajstić information content (AvgIpc) is 3.07. The molecule has 3 rings (SSSR count). The average molecular weight is 396 g/mol. The number of anilines is 1. The number of carbonyl (C=O) groups is 1. The van der Waals surface area contributed by atoms with E-state index in [2.05, 4.69) is 5.32 Å². The van der Waals surface area contributed by atoms with Gasteiger partial charge in [-0.3, -0.25) is 4.79 Å². The standard InChI is InChI=1S/C18H12Cl2FNO2S/c19-13-6-5-12(8-14(13)20)22-18(23)17-7-11(10-25-17)9-24-16-4-2-1-3-15(16)21/h1-8,10H,9H2,(H,22,23). The van der Waals surface area contributed by atoms with E-state index >= 15 is 0 Å². The second kappa shape index (κ2) is 7.87. The zero-order valence-electron chi connectivity index (χ0n) is 12.8. The van der Waals surface area contributed by atoms with Gasteiger partial charge in [0.2, 0.25) is 0 Å². The molecule has 0 radical (unpaired) electrons. The topological polar surface area (TPSA) is 38.3 Å². The van der Waals surface area contributed by atoms with E-state index in [1.165, 1.54) is 17.4 Å². The maximum absolute atomic E-state index is 13.5. The van der Waals surface area contributed by atoms with Gasteiger partial charge in [-0.2, -0.15) is 0 Å². The summed E-state index contributed by atoms with van der Waals surface area (Å²) in [4.78, 5) is 12.8. The van der Waals surface area contributed by atoms with Crippen LogP contribution in [0.1, 0.15) is 15.2 Å². The third-order valence-electron chi connectivity index (χ3n) is 3.29. The van der Waals surface area contributed by atoms with Crippen molar-refractivity contribution >= 4 is 46.1 Å². The van der Waals surface area contributed by atoms with Crippen molar-refractivity contribution in [1.29, 1.82) is 0 Å². The molecule has 1 N–H and O–H groups in total. The molecule has 25 heavy (non-hydrogen) atoms. The van der Waals surface area contributed by atoms with Crippen molar-refractivity contribution in [3.8, 4) is 5.75 Å². The summed E-state index contributed by atoms with van der Waals surface area (Å²) in [5, 5.41) is 5.33. The van der Waals surface area contributed by atoms with Crippen molar-refractivity contribution in [2.24, 2.45) is 0 Å². The Kier molecular flexibility index (Phi) is 5.58. The van der Waals surface area contributed by atoms with Gasteiger partial charge in [0.15, 0.2) is 11.6 Å². The molecule has 0 aliphatic heterocycles. The van der Waals surface area contributed by atoms with Crippen LogP contribution in [-0.4, -0.2) is 5.91 Å². The highest BCUT2D eigenvalue weighted by atomic mass is 35.5. The van der Waals surface area contributed by atoms with E-state index < -0.39 is 5.82 Å². The number of carbonyl (C=O) groups excluding carboxylic acids is 1. The fourth-order valence-corrected chi connectivity index (χ4v) is 3.15. The Balaban J connectivity index is 1.63. The predicted molar refractivity (Wildman–Crippen MR) is 99.5 cm³/mol. The van der Waals surface area contributed by atoms with Gasteiger partial charge in [0.05, 0.1) is 14.9 Å². The second-order valence-electron chi connectivity index (χ2n) is 5.12. The Morgan fingerprint density at radius 2 is 1.92 bits per heavy atom. The summed E-state index contributed by atoms with van der Waals surface area (Å²) in [7, 11) is 0. The number of nitrogens with one attached hydrogen (secondary N) is 1. The first-order chi connectivity index (χ1) is 12.0. The number of hydrogen-bond donors (Lipinski definition) is 1. The molecule has 1 amide bonds. The summed E-state index contributed by atoms with van der Waals surface area (Å²) in [5.41, 5.74) is 1.34. The Hall–Kier alpha value is -2.08. The molecule has 0 saturated heterocycles. The Labute approximate surface area is 158 Å². The normalized spacial score (nSPS) is 10.5. The molecular formula is C18H12Cl2FNO2S. The predicted octanol–water partition coefficient (Wildman–Crippen LogP) is 6.03. The monoisotopic (exact) mass is 395 g/mol. The molecule has 128 valence electrons. The minimum absolute atomic E-state index is 0.176. The fraction of sp³-hybridized carbons (Fsp3) is 0.0556. The van der Waals surface area contributed by atoms with Crippen molar-refractivity contribution in [1.82, 2.24) is 0 Å².